The highest BCUT2D eigenvalue weighted by Crippen LogP contribution is 2.30. The van der Waals surface area contributed by atoms with E-state index in [2.05, 4.69) is 15.5 Å². The first-order valence-corrected chi connectivity index (χ1v) is 8.39. The maximum absolute atomic E-state index is 12.4. The number of anilines is 1. The fourth-order valence-electron chi connectivity index (χ4n) is 2.76. The van der Waals surface area contributed by atoms with Gasteiger partial charge in [0.25, 0.3) is 0 Å². The summed E-state index contributed by atoms with van der Waals surface area (Å²) in [5.41, 5.74) is 1.66. The smallest absolute Gasteiger partial charge is 0.230 e. The Balaban J connectivity index is 1.50. The van der Waals surface area contributed by atoms with Crippen LogP contribution in [0.1, 0.15) is 12.0 Å². The maximum Gasteiger partial charge on any atom is 0.230 e. The van der Waals surface area contributed by atoms with Crippen LogP contribution in [-0.2, 0) is 11.2 Å². The molecule has 0 saturated heterocycles. The van der Waals surface area contributed by atoms with E-state index >= 15 is 0 Å². The van der Waals surface area contributed by atoms with Gasteiger partial charge in [0.1, 0.15) is 0 Å². The third kappa shape index (κ3) is 3.39. The van der Waals surface area contributed by atoms with Gasteiger partial charge in [-0.05, 0) is 35.9 Å². The van der Waals surface area contributed by atoms with E-state index in [-0.39, 0.29) is 12.3 Å². The van der Waals surface area contributed by atoms with Crippen LogP contribution in [0, 0.1) is 0 Å². The van der Waals surface area contributed by atoms with Crippen molar-refractivity contribution in [2.24, 2.45) is 0 Å². The standard InChI is InChI=1S/C18H16ClN3O3/c19-12-3-4-14-13(10-12)18(22-21-14)20-17(23)9-11-2-5-15-16(8-11)25-7-1-6-24-15/h2-5,8,10H,1,6-7,9H2,(H2,20,21,22,23). The van der Waals surface area contributed by atoms with Crippen molar-refractivity contribution in [3.05, 3.63) is 47.0 Å². The molecule has 1 aliphatic rings. The Hall–Kier alpha value is -2.73. The van der Waals surface area contributed by atoms with Crippen LogP contribution in [0.4, 0.5) is 5.82 Å². The molecule has 0 bridgehead atoms. The molecule has 1 amide bonds. The summed E-state index contributed by atoms with van der Waals surface area (Å²) in [5.74, 6) is 1.70. The Morgan fingerprint density at radius 3 is 2.88 bits per heavy atom. The Bertz CT molecular complexity index is 938. The molecule has 6 nitrogen and oxygen atoms in total. The number of aromatic nitrogens is 2. The predicted octanol–water partition coefficient (Wildman–Crippen LogP) is 3.56. The van der Waals surface area contributed by atoms with Gasteiger partial charge in [0.05, 0.1) is 25.2 Å². The van der Waals surface area contributed by atoms with Crippen LogP contribution in [0.25, 0.3) is 10.9 Å². The minimum atomic E-state index is -0.164. The molecule has 3 aromatic rings. The molecule has 2 heterocycles. The third-order valence-electron chi connectivity index (χ3n) is 3.96. The van der Waals surface area contributed by atoms with Gasteiger partial charge in [0, 0.05) is 16.8 Å². The molecule has 0 saturated carbocycles. The summed E-state index contributed by atoms with van der Waals surface area (Å²) in [6.45, 7) is 1.25. The molecular formula is C18H16ClN3O3. The summed E-state index contributed by atoms with van der Waals surface area (Å²) in [7, 11) is 0. The molecule has 1 aromatic heterocycles. The second-order valence-corrected chi connectivity index (χ2v) is 6.26. The van der Waals surface area contributed by atoms with Gasteiger partial charge in [0.2, 0.25) is 5.91 Å². The Morgan fingerprint density at radius 2 is 2.00 bits per heavy atom. The van der Waals surface area contributed by atoms with Gasteiger partial charge in [0.15, 0.2) is 17.3 Å². The van der Waals surface area contributed by atoms with Crippen LogP contribution >= 0.6 is 11.6 Å². The van der Waals surface area contributed by atoms with Crippen LogP contribution in [0.5, 0.6) is 11.5 Å². The van der Waals surface area contributed by atoms with Gasteiger partial charge >= 0.3 is 0 Å². The zero-order valence-corrected chi connectivity index (χ0v) is 14.1. The number of nitrogens with one attached hydrogen (secondary N) is 2. The average Bonchev–Trinajstić information content (AvgIpc) is 2.83. The summed E-state index contributed by atoms with van der Waals surface area (Å²) in [6.07, 6.45) is 1.06. The number of carbonyl (C=O) groups is 1. The van der Waals surface area contributed by atoms with Crippen LogP contribution in [0.3, 0.4) is 0 Å². The minimum Gasteiger partial charge on any atom is -0.490 e. The number of carbonyl (C=O) groups excluding carboxylic acids is 1. The van der Waals surface area contributed by atoms with Crippen LogP contribution in [0.2, 0.25) is 5.02 Å². The molecule has 128 valence electrons. The predicted molar refractivity (Wildman–Crippen MR) is 95.5 cm³/mol. The number of ether oxygens (including phenoxy) is 2. The van der Waals surface area contributed by atoms with Gasteiger partial charge in [-0.25, -0.2) is 0 Å². The maximum atomic E-state index is 12.4. The minimum absolute atomic E-state index is 0.164. The number of halogens is 1. The topological polar surface area (TPSA) is 76.2 Å². The number of amides is 1. The SMILES string of the molecule is O=C(Cc1ccc2c(c1)OCCCO2)Nc1n[nH]c2ccc(Cl)cc12. The van der Waals surface area contributed by atoms with Gasteiger partial charge in [-0.3, -0.25) is 9.89 Å². The molecule has 0 radical (unpaired) electrons. The second-order valence-electron chi connectivity index (χ2n) is 5.82. The van der Waals surface area contributed by atoms with Crippen LogP contribution in [-0.4, -0.2) is 29.3 Å². The lowest BCUT2D eigenvalue weighted by molar-refractivity contribution is -0.115. The number of benzene rings is 2. The Kier molecular flexibility index (Phi) is 4.19. The summed E-state index contributed by atoms with van der Waals surface area (Å²) in [6, 6.07) is 10.9. The van der Waals surface area contributed by atoms with Crippen molar-refractivity contribution in [3.8, 4) is 11.5 Å². The lowest BCUT2D eigenvalue weighted by atomic mass is 10.1. The van der Waals surface area contributed by atoms with Gasteiger partial charge in [-0.1, -0.05) is 17.7 Å². The number of H-pyrrole nitrogens is 1. The van der Waals surface area contributed by atoms with Crippen molar-refractivity contribution in [2.45, 2.75) is 12.8 Å². The van der Waals surface area contributed by atoms with E-state index in [9.17, 15) is 4.79 Å². The quantitative estimate of drug-likeness (QED) is 0.751. The Morgan fingerprint density at radius 1 is 1.16 bits per heavy atom. The number of hydrogen-bond acceptors (Lipinski definition) is 4. The molecule has 0 spiro atoms. The fraction of sp³-hybridized carbons (Fsp3) is 0.222. The first-order valence-electron chi connectivity index (χ1n) is 8.01. The summed E-state index contributed by atoms with van der Waals surface area (Å²) in [5, 5.41) is 11.2. The molecule has 1 aliphatic heterocycles. The summed E-state index contributed by atoms with van der Waals surface area (Å²) in [4.78, 5) is 12.4. The molecule has 4 rings (SSSR count). The van der Waals surface area contributed by atoms with Crippen LogP contribution < -0.4 is 14.8 Å². The highest BCUT2D eigenvalue weighted by molar-refractivity contribution is 6.31. The molecule has 0 unspecified atom stereocenters. The number of nitrogens with zero attached hydrogens (tertiary/aromatic N) is 1. The fourth-order valence-corrected chi connectivity index (χ4v) is 2.93. The van der Waals surface area contributed by atoms with Crippen LogP contribution in [0.15, 0.2) is 36.4 Å². The van der Waals surface area contributed by atoms with Crippen molar-refractivity contribution < 1.29 is 14.3 Å². The van der Waals surface area contributed by atoms with Gasteiger partial charge in [-0.2, -0.15) is 5.10 Å². The number of aromatic amines is 1. The number of fused-ring (bicyclic) bond motifs is 2. The second kappa shape index (κ2) is 6.64. The van der Waals surface area contributed by atoms with E-state index in [1.165, 1.54) is 0 Å². The molecule has 25 heavy (non-hydrogen) atoms. The van der Waals surface area contributed by atoms with Gasteiger partial charge in [-0.15, -0.1) is 0 Å². The summed E-state index contributed by atoms with van der Waals surface area (Å²) < 4.78 is 11.3. The molecule has 7 heteroatoms. The largest absolute Gasteiger partial charge is 0.490 e. The van der Waals surface area contributed by atoms with Crippen molar-refractivity contribution in [1.82, 2.24) is 10.2 Å². The first-order chi connectivity index (χ1) is 12.2. The third-order valence-corrected chi connectivity index (χ3v) is 4.19. The van der Waals surface area contributed by atoms with Crippen molar-refractivity contribution in [3.63, 3.8) is 0 Å². The van der Waals surface area contributed by atoms with Crippen molar-refractivity contribution in [1.29, 1.82) is 0 Å². The average molecular weight is 358 g/mol. The molecule has 0 atom stereocenters. The molecule has 0 fully saturated rings. The number of rotatable bonds is 3. The van der Waals surface area contributed by atoms with E-state index < -0.39 is 0 Å². The zero-order chi connectivity index (χ0) is 17.2. The van der Waals surface area contributed by atoms with E-state index in [0.29, 0.717) is 29.8 Å². The molecule has 0 aliphatic carbocycles. The van der Waals surface area contributed by atoms with E-state index in [1.807, 2.05) is 24.3 Å². The van der Waals surface area contributed by atoms with E-state index in [1.54, 1.807) is 12.1 Å². The highest BCUT2D eigenvalue weighted by Gasteiger charge is 2.14. The normalized spacial score (nSPS) is 13.5. The van der Waals surface area contributed by atoms with E-state index in [4.69, 9.17) is 21.1 Å². The highest BCUT2D eigenvalue weighted by atomic mass is 35.5. The van der Waals surface area contributed by atoms with Crippen molar-refractivity contribution >= 4 is 34.2 Å². The molecule has 2 aromatic carbocycles. The first kappa shape index (κ1) is 15.8. The van der Waals surface area contributed by atoms with Gasteiger partial charge < -0.3 is 14.8 Å². The lowest BCUT2D eigenvalue weighted by Gasteiger charge is -2.09. The molecule has 2 N–H and O–H groups in total. The summed E-state index contributed by atoms with van der Waals surface area (Å²) >= 11 is 6.01. The number of hydrogen-bond donors (Lipinski definition) is 2. The lowest BCUT2D eigenvalue weighted by Crippen LogP contribution is -2.15. The van der Waals surface area contributed by atoms with E-state index in [0.717, 1.165) is 28.6 Å². The van der Waals surface area contributed by atoms with Crippen molar-refractivity contribution in [2.75, 3.05) is 18.5 Å². The molecular weight excluding hydrogens is 342 g/mol. The zero-order valence-electron chi connectivity index (χ0n) is 13.3. The monoisotopic (exact) mass is 357 g/mol. The Labute approximate surface area is 149 Å².